The normalized spacial score (nSPS) is 10.8. The van der Waals surface area contributed by atoms with E-state index >= 15 is 0 Å². The molecule has 0 amide bonds. The summed E-state index contributed by atoms with van der Waals surface area (Å²) in [7, 11) is 0. The molecule has 1 aromatic heterocycles. The molecule has 3 rings (SSSR count). The van der Waals surface area contributed by atoms with Gasteiger partial charge in [-0.2, -0.15) is 5.10 Å². The fraction of sp³-hybridized carbons (Fsp3) is 0. The third kappa shape index (κ3) is 1.49. The van der Waals surface area contributed by atoms with Gasteiger partial charge in [-0.1, -0.05) is 18.2 Å². The average molecular weight is 226 g/mol. The van der Waals surface area contributed by atoms with Crippen LogP contribution in [0.3, 0.4) is 0 Å². The summed E-state index contributed by atoms with van der Waals surface area (Å²) in [6.07, 6.45) is 3.73. The molecule has 2 nitrogen and oxygen atoms in total. The number of benzene rings is 2. The lowest BCUT2D eigenvalue weighted by molar-refractivity contribution is 0.888. The molecule has 0 saturated heterocycles. The number of nitrogens with zero attached hydrogens (tertiary/aromatic N) is 2. The van der Waals surface area contributed by atoms with Gasteiger partial charge in [0.2, 0.25) is 0 Å². The van der Waals surface area contributed by atoms with E-state index in [4.69, 9.17) is 0 Å². The maximum absolute atomic E-state index is 4.35. The van der Waals surface area contributed by atoms with E-state index in [0.29, 0.717) is 0 Å². The van der Waals surface area contributed by atoms with Gasteiger partial charge >= 0.3 is 0 Å². The predicted molar refractivity (Wildman–Crippen MR) is 68.3 cm³/mol. The van der Waals surface area contributed by atoms with Crippen molar-refractivity contribution >= 4 is 23.4 Å². The molecule has 0 bridgehead atoms. The molecule has 16 heavy (non-hydrogen) atoms. The Kier molecular flexibility index (Phi) is 2.18. The summed E-state index contributed by atoms with van der Waals surface area (Å²) >= 11 is 4.35. The Labute approximate surface area is 98.9 Å². The van der Waals surface area contributed by atoms with Gasteiger partial charge in [0.15, 0.2) is 0 Å². The molecule has 0 spiro atoms. The summed E-state index contributed by atoms with van der Waals surface area (Å²) in [6.45, 7) is 0. The van der Waals surface area contributed by atoms with Crippen molar-refractivity contribution in [1.29, 1.82) is 0 Å². The maximum atomic E-state index is 4.35. The smallest absolute Gasteiger partial charge is 0.0723 e. The van der Waals surface area contributed by atoms with Crippen LogP contribution in [-0.4, -0.2) is 9.78 Å². The van der Waals surface area contributed by atoms with Gasteiger partial charge in [-0.05, 0) is 29.7 Å². The highest BCUT2D eigenvalue weighted by atomic mass is 32.1. The standard InChI is InChI=1S/C13H10N2S/c16-11-5-6-12-10(9-11)3-1-4-13(12)15-8-2-7-14-15/h1-9,16H. The van der Waals surface area contributed by atoms with E-state index in [2.05, 4.69) is 42.0 Å². The van der Waals surface area contributed by atoms with Crippen LogP contribution in [0.4, 0.5) is 0 Å². The average Bonchev–Trinajstić information content (AvgIpc) is 2.81. The molecule has 0 aliphatic heterocycles. The number of fused-ring (bicyclic) bond motifs is 1. The maximum Gasteiger partial charge on any atom is 0.0723 e. The van der Waals surface area contributed by atoms with Crippen molar-refractivity contribution in [2.45, 2.75) is 4.90 Å². The van der Waals surface area contributed by atoms with E-state index in [1.165, 1.54) is 10.8 Å². The van der Waals surface area contributed by atoms with Gasteiger partial charge in [0.1, 0.15) is 0 Å². The molecule has 78 valence electrons. The van der Waals surface area contributed by atoms with E-state index in [1.54, 1.807) is 6.20 Å². The van der Waals surface area contributed by atoms with E-state index in [1.807, 2.05) is 29.1 Å². The zero-order valence-corrected chi connectivity index (χ0v) is 9.43. The fourth-order valence-corrected chi connectivity index (χ4v) is 2.08. The molecule has 3 aromatic rings. The van der Waals surface area contributed by atoms with Crippen molar-refractivity contribution in [3.8, 4) is 5.69 Å². The Hall–Kier alpha value is -1.74. The second kappa shape index (κ2) is 3.68. The second-order valence-corrected chi connectivity index (χ2v) is 4.15. The lowest BCUT2D eigenvalue weighted by Gasteiger charge is -2.06. The van der Waals surface area contributed by atoms with Crippen molar-refractivity contribution < 1.29 is 0 Å². The second-order valence-electron chi connectivity index (χ2n) is 3.63. The minimum Gasteiger partial charge on any atom is -0.240 e. The zero-order chi connectivity index (χ0) is 11.0. The van der Waals surface area contributed by atoms with Crippen LogP contribution in [0.25, 0.3) is 16.5 Å². The monoisotopic (exact) mass is 226 g/mol. The molecule has 0 fully saturated rings. The van der Waals surface area contributed by atoms with E-state index < -0.39 is 0 Å². The van der Waals surface area contributed by atoms with Crippen molar-refractivity contribution in [3.05, 3.63) is 54.9 Å². The summed E-state index contributed by atoms with van der Waals surface area (Å²) in [5.41, 5.74) is 1.09. The first-order chi connectivity index (χ1) is 7.84. The minimum atomic E-state index is 0.977. The van der Waals surface area contributed by atoms with Crippen LogP contribution >= 0.6 is 12.6 Å². The molecular weight excluding hydrogens is 216 g/mol. The third-order valence-corrected chi connectivity index (χ3v) is 2.87. The SMILES string of the molecule is Sc1ccc2c(-n3cccn3)cccc2c1. The van der Waals surface area contributed by atoms with E-state index in [-0.39, 0.29) is 0 Å². The molecule has 0 saturated carbocycles. The van der Waals surface area contributed by atoms with Crippen LogP contribution in [0, 0.1) is 0 Å². The Bertz CT molecular complexity index is 629. The van der Waals surface area contributed by atoms with Gasteiger partial charge in [-0.3, -0.25) is 0 Å². The molecule has 2 aromatic carbocycles. The first-order valence-corrected chi connectivity index (χ1v) is 5.51. The lowest BCUT2D eigenvalue weighted by Crippen LogP contribution is -1.94. The Morgan fingerprint density at radius 1 is 1.06 bits per heavy atom. The van der Waals surface area contributed by atoms with Crippen LogP contribution in [0.15, 0.2) is 59.8 Å². The molecule has 3 heteroatoms. The van der Waals surface area contributed by atoms with Gasteiger partial charge in [0.25, 0.3) is 0 Å². The van der Waals surface area contributed by atoms with Crippen molar-refractivity contribution in [3.63, 3.8) is 0 Å². The quantitative estimate of drug-likeness (QED) is 0.630. The molecule has 0 atom stereocenters. The van der Waals surface area contributed by atoms with Crippen LogP contribution < -0.4 is 0 Å². The van der Waals surface area contributed by atoms with Gasteiger partial charge in [0, 0.05) is 22.7 Å². The zero-order valence-electron chi connectivity index (χ0n) is 8.54. The third-order valence-electron chi connectivity index (χ3n) is 2.59. The molecule has 0 radical (unpaired) electrons. The first-order valence-electron chi connectivity index (χ1n) is 5.06. The van der Waals surface area contributed by atoms with Gasteiger partial charge in [0.05, 0.1) is 5.69 Å². The van der Waals surface area contributed by atoms with Gasteiger partial charge in [-0.15, -0.1) is 12.6 Å². The van der Waals surface area contributed by atoms with Crippen LogP contribution in [0.2, 0.25) is 0 Å². The highest BCUT2D eigenvalue weighted by Crippen LogP contribution is 2.23. The van der Waals surface area contributed by atoms with Crippen LogP contribution in [0.1, 0.15) is 0 Å². The van der Waals surface area contributed by atoms with Crippen molar-refractivity contribution in [2.24, 2.45) is 0 Å². The molecule has 0 aliphatic rings. The molecule has 0 unspecified atom stereocenters. The predicted octanol–water partition coefficient (Wildman–Crippen LogP) is 3.31. The topological polar surface area (TPSA) is 17.8 Å². The Morgan fingerprint density at radius 3 is 2.81 bits per heavy atom. The van der Waals surface area contributed by atoms with Crippen molar-refractivity contribution in [1.82, 2.24) is 9.78 Å². The Morgan fingerprint density at radius 2 is 2.00 bits per heavy atom. The Balaban J connectivity index is 2.34. The molecule has 0 aliphatic carbocycles. The van der Waals surface area contributed by atoms with Crippen LogP contribution in [-0.2, 0) is 0 Å². The summed E-state index contributed by atoms with van der Waals surface area (Å²) < 4.78 is 1.88. The number of hydrogen-bond donors (Lipinski definition) is 1. The van der Waals surface area contributed by atoms with Crippen molar-refractivity contribution in [2.75, 3.05) is 0 Å². The number of thiol groups is 1. The molecular formula is C13H10N2S. The largest absolute Gasteiger partial charge is 0.240 e. The van der Waals surface area contributed by atoms with E-state index in [9.17, 15) is 0 Å². The fourth-order valence-electron chi connectivity index (χ4n) is 1.87. The summed E-state index contributed by atoms with van der Waals surface area (Å²) in [6, 6.07) is 14.2. The van der Waals surface area contributed by atoms with E-state index in [0.717, 1.165) is 10.6 Å². The number of rotatable bonds is 1. The number of aromatic nitrogens is 2. The first kappa shape index (κ1) is 9.48. The highest BCUT2D eigenvalue weighted by Gasteiger charge is 2.02. The molecule has 0 N–H and O–H groups in total. The lowest BCUT2D eigenvalue weighted by atomic mass is 10.1. The summed E-state index contributed by atoms with van der Waals surface area (Å²) in [5.74, 6) is 0. The number of hydrogen-bond acceptors (Lipinski definition) is 2. The highest BCUT2D eigenvalue weighted by molar-refractivity contribution is 7.80. The minimum absolute atomic E-state index is 0.977. The molecule has 1 heterocycles. The van der Waals surface area contributed by atoms with Crippen LogP contribution in [0.5, 0.6) is 0 Å². The summed E-state index contributed by atoms with van der Waals surface area (Å²) in [4.78, 5) is 0.977. The summed E-state index contributed by atoms with van der Waals surface area (Å²) in [5, 5.41) is 6.62. The van der Waals surface area contributed by atoms with Gasteiger partial charge < -0.3 is 0 Å². The van der Waals surface area contributed by atoms with Gasteiger partial charge in [-0.25, -0.2) is 4.68 Å².